The zero-order valence-electron chi connectivity index (χ0n) is 15.2. The number of hydrogen-bond donors (Lipinski definition) is 2. The SMILES string of the molecule is Cc1ccc(NS(=O)(=O)c2ccc(C)c(NC(=O)c3ccco3)c2)c(C)c1. The predicted molar refractivity (Wildman–Crippen MR) is 105 cm³/mol. The lowest BCUT2D eigenvalue weighted by atomic mass is 10.1. The quantitative estimate of drug-likeness (QED) is 0.688. The highest BCUT2D eigenvalue weighted by Gasteiger charge is 2.18. The molecule has 0 unspecified atom stereocenters. The number of benzene rings is 2. The molecule has 0 spiro atoms. The van der Waals surface area contributed by atoms with Gasteiger partial charge in [-0.2, -0.15) is 0 Å². The highest BCUT2D eigenvalue weighted by atomic mass is 32.2. The third-order valence-electron chi connectivity index (χ3n) is 4.14. The number of amides is 1. The Morgan fingerprint density at radius 2 is 1.70 bits per heavy atom. The fourth-order valence-corrected chi connectivity index (χ4v) is 3.78. The Bertz CT molecular complexity index is 1090. The monoisotopic (exact) mass is 384 g/mol. The van der Waals surface area contributed by atoms with Gasteiger partial charge in [0.15, 0.2) is 5.76 Å². The lowest BCUT2D eigenvalue weighted by molar-refractivity contribution is 0.0996. The van der Waals surface area contributed by atoms with E-state index in [-0.39, 0.29) is 10.7 Å². The van der Waals surface area contributed by atoms with Gasteiger partial charge in [0.1, 0.15) is 0 Å². The Morgan fingerprint density at radius 1 is 0.926 bits per heavy atom. The van der Waals surface area contributed by atoms with Gasteiger partial charge in [-0.05, 0) is 62.2 Å². The van der Waals surface area contributed by atoms with E-state index in [0.29, 0.717) is 11.4 Å². The molecule has 7 heteroatoms. The molecule has 3 rings (SSSR count). The second-order valence-corrected chi connectivity index (χ2v) is 8.01. The summed E-state index contributed by atoms with van der Waals surface area (Å²) in [5.41, 5.74) is 3.54. The van der Waals surface area contributed by atoms with E-state index in [9.17, 15) is 13.2 Å². The van der Waals surface area contributed by atoms with Crippen molar-refractivity contribution in [2.75, 3.05) is 10.0 Å². The first-order valence-corrected chi connectivity index (χ1v) is 9.80. The van der Waals surface area contributed by atoms with Crippen molar-refractivity contribution in [3.05, 3.63) is 77.2 Å². The molecule has 3 aromatic rings. The molecule has 1 aromatic heterocycles. The van der Waals surface area contributed by atoms with Crippen molar-refractivity contribution in [3.63, 3.8) is 0 Å². The predicted octanol–water partition coefficient (Wildman–Crippen LogP) is 4.26. The molecule has 140 valence electrons. The van der Waals surface area contributed by atoms with Gasteiger partial charge in [0.25, 0.3) is 15.9 Å². The van der Waals surface area contributed by atoms with E-state index >= 15 is 0 Å². The van der Waals surface area contributed by atoms with E-state index in [1.54, 1.807) is 25.1 Å². The number of sulfonamides is 1. The van der Waals surface area contributed by atoms with Gasteiger partial charge in [-0.15, -0.1) is 0 Å². The molecule has 1 amide bonds. The molecule has 0 atom stereocenters. The summed E-state index contributed by atoms with van der Waals surface area (Å²) in [6.45, 7) is 5.57. The van der Waals surface area contributed by atoms with Gasteiger partial charge in [0.2, 0.25) is 0 Å². The third kappa shape index (κ3) is 4.20. The molecule has 0 saturated heterocycles. The summed E-state index contributed by atoms with van der Waals surface area (Å²) < 4.78 is 33.2. The summed E-state index contributed by atoms with van der Waals surface area (Å²) in [4.78, 5) is 12.2. The van der Waals surface area contributed by atoms with Gasteiger partial charge in [0, 0.05) is 5.69 Å². The van der Waals surface area contributed by atoms with Crippen LogP contribution in [0.3, 0.4) is 0 Å². The zero-order chi connectivity index (χ0) is 19.6. The minimum atomic E-state index is -3.80. The molecule has 0 aliphatic rings. The molecule has 0 saturated carbocycles. The molecule has 2 N–H and O–H groups in total. The number of aryl methyl sites for hydroxylation is 3. The molecular weight excluding hydrogens is 364 g/mol. The summed E-state index contributed by atoms with van der Waals surface area (Å²) in [7, 11) is -3.80. The normalized spacial score (nSPS) is 11.2. The Morgan fingerprint density at radius 3 is 2.37 bits per heavy atom. The first-order valence-electron chi connectivity index (χ1n) is 8.32. The van der Waals surface area contributed by atoms with Crippen LogP contribution in [-0.2, 0) is 10.0 Å². The summed E-state index contributed by atoms with van der Waals surface area (Å²) in [6, 6.07) is 13.2. The topological polar surface area (TPSA) is 88.4 Å². The Balaban J connectivity index is 1.88. The fourth-order valence-electron chi connectivity index (χ4n) is 2.63. The Hall–Kier alpha value is -3.06. The van der Waals surface area contributed by atoms with E-state index in [2.05, 4.69) is 10.0 Å². The molecular formula is C20H20N2O4S. The van der Waals surface area contributed by atoms with Gasteiger partial charge in [-0.25, -0.2) is 8.42 Å². The van der Waals surface area contributed by atoms with Crippen LogP contribution in [0.5, 0.6) is 0 Å². The third-order valence-corrected chi connectivity index (χ3v) is 5.50. The zero-order valence-corrected chi connectivity index (χ0v) is 16.1. The van der Waals surface area contributed by atoms with Crippen molar-refractivity contribution in [1.82, 2.24) is 0 Å². The van der Waals surface area contributed by atoms with Crippen molar-refractivity contribution in [2.45, 2.75) is 25.7 Å². The van der Waals surface area contributed by atoms with Gasteiger partial charge < -0.3 is 9.73 Å². The van der Waals surface area contributed by atoms with Gasteiger partial charge in [-0.1, -0.05) is 23.8 Å². The minimum absolute atomic E-state index is 0.0582. The average molecular weight is 384 g/mol. The largest absolute Gasteiger partial charge is 0.459 e. The first-order chi connectivity index (χ1) is 12.8. The smallest absolute Gasteiger partial charge is 0.291 e. The van der Waals surface area contributed by atoms with Crippen LogP contribution in [0.1, 0.15) is 27.2 Å². The maximum atomic E-state index is 12.8. The van der Waals surface area contributed by atoms with Crippen molar-refractivity contribution < 1.29 is 17.6 Å². The summed E-state index contributed by atoms with van der Waals surface area (Å²) in [5, 5.41) is 2.68. The van der Waals surface area contributed by atoms with E-state index < -0.39 is 15.9 Å². The average Bonchev–Trinajstić information content (AvgIpc) is 3.14. The molecule has 0 aliphatic carbocycles. The molecule has 0 radical (unpaired) electrons. The molecule has 0 aliphatic heterocycles. The number of carbonyl (C=O) groups excluding carboxylic acids is 1. The summed E-state index contributed by atoms with van der Waals surface area (Å²) in [6.07, 6.45) is 1.40. The van der Waals surface area contributed by atoms with Crippen LogP contribution in [0, 0.1) is 20.8 Å². The fraction of sp³-hybridized carbons (Fsp3) is 0.150. The van der Waals surface area contributed by atoms with E-state index in [0.717, 1.165) is 16.7 Å². The Labute approximate surface area is 158 Å². The van der Waals surface area contributed by atoms with Crippen LogP contribution in [-0.4, -0.2) is 14.3 Å². The molecule has 1 heterocycles. The van der Waals surface area contributed by atoms with Crippen LogP contribution in [0.2, 0.25) is 0 Å². The molecule has 27 heavy (non-hydrogen) atoms. The molecule has 2 aromatic carbocycles. The van der Waals surface area contributed by atoms with E-state index in [1.165, 1.54) is 24.5 Å². The minimum Gasteiger partial charge on any atom is -0.459 e. The van der Waals surface area contributed by atoms with E-state index in [1.807, 2.05) is 26.0 Å². The number of rotatable bonds is 5. The van der Waals surface area contributed by atoms with Gasteiger partial charge >= 0.3 is 0 Å². The maximum Gasteiger partial charge on any atom is 0.291 e. The summed E-state index contributed by atoms with van der Waals surface area (Å²) in [5.74, 6) is -0.295. The van der Waals surface area contributed by atoms with Crippen molar-refractivity contribution in [3.8, 4) is 0 Å². The lowest BCUT2D eigenvalue weighted by Gasteiger charge is -2.13. The standard InChI is InChI=1S/C20H20N2O4S/c1-13-6-9-17(15(3)11-13)22-27(24,25)16-8-7-14(2)18(12-16)21-20(23)19-5-4-10-26-19/h4-12,22H,1-3H3,(H,21,23). The van der Waals surface area contributed by atoms with Crippen molar-refractivity contribution >= 4 is 27.3 Å². The summed E-state index contributed by atoms with van der Waals surface area (Å²) >= 11 is 0. The van der Waals surface area contributed by atoms with Crippen molar-refractivity contribution in [1.29, 1.82) is 0 Å². The second kappa shape index (κ2) is 7.28. The van der Waals surface area contributed by atoms with Crippen LogP contribution in [0.4, 0.5) is 11.4 Å². The molecule has 0 bridgehead atoms. The highest BCUT2D eigenvalue weighted by molar-refractivity contribution is 7.92. The molecule has 6 nitrogen and oxygen atoms in total. The van der Waals surface area contributed by atoms with Crippen LogP contribution in [0.15, 0.2) is 64.1 Å². The van der Waals surface area contributed by atoms with Gasteiger partial charge in [0.05, 0.1) is 16.8 Å². The maximum absolute atomic E-state index is 12.8. The lowest BCUT2D eigenvalue weighted by Crippen LogP contribution is -2.16. The number of anilines is 2. The van der Waals surface area contributed by atoms with Crippen molar-refractivity contribution in [2.24, 2.45) is 0 Å². The first kappa shape index (κ1) is 18.7. The number of carbonyl (C=O) groups is 1. The van der Waals surface area contributed by atoms with Gasteiger partial charge in [-0.3, -0.25) is 9.52 Å². The number of nitrogens with one attached hydrogen (secondary N) is 2. The number of hydrogen-bond acceptors (Lipinski definition) is 4. The van der Waals surface area contributed by atoms with Crippen LogP contribution < -0.4 is 10.0 Å². The van der Waals surface area contributed by atoms with E-state index in [4.69, 9.17) is 4.42 Å². The highest BCUT2D eigenvalue weighted by Crippen LogP contribution is 2.24. The Kier molecular flexibility index (Phi) is 5.05. The second-order valence-electron chi connectivity index (χ2n) is 6.33. The number of furan rings is 1. The van der Waals surface area contributed by atoms with Crippen LogP contribution >= 0.6 is 0 Å². The molecule has 0 fully saturated rings. The van der Waals surface area contributed by atoms with Crippen LogP contribution in [0.25, 0.3) is 0 Å².